The molecule has 0 saturated carbocycles. The zero-order valence-electron chi connectivity index (χ0n) is 34.1. The second-order valence-corrected chi connectivity index (χ2v) is 16.2. The van der Waals surface area contributed by atoms with Crippen molar-refractivity contribution in [2.75, 3.05) is 39.5 Å². The molecule has 3 aliphatic heterocycles. The number of amides is 4. The number of nitrogens with zero attached hydrogens (tertiary/aromatic N) is 3. The van der Waals surface area contributed by atoms with Crippen molar-refractivity contribution in [3.05, 3.63) is 84.1 Å². The van der Waals surface area contributed by atoms with Crippen LogP contribution in [0.4, 0.5) is 0 Å². The lowest BCUT2D eigenvalue weighted by Crippen LogP contribution is -2.57. The largest absolute Gasteiger partial charge is 0.400 e. The highest BCUT2D eigenvalue weighted by atomic mass is 32.1. The molecular formula is C43H56N6O9S. The van der Waals surface area contributed by atoms with E-state index in [4.69, 9.17) is 14.2 Å². The van der Waals surface area contributed by atoms with Gasteiger partial charge in [-0.25, -0.2) is 4.99 Å². The minimum Gasteiger partial charge on any atom is -0.400 e. The Labute approximate surface area is 351 Å². The third-order valence-electron chi connectivity index (χ3n) is 10.5. The number of esters is 1. The average Bonchev–Trinajstić information content (AvgIpc) is 3.90. The van der Waals surface area contributed by atoms with Crippen LogP contribution >= 0.6 is 12.6 Å². The second-order valence-electron chi connectivity index (χ2n) is 15.8. The number of hydrogen-bond acceptors (Lipinski definition) is 11. The maximum absolute atomic E-state index is 14.3. The Bertz CT molecular complexity index is 1850. The molecule has 5 rings (SSSR count). The topological polar surface area (TPSA) is 188 Å². The Hall–Kier alpha value is -4.90. The number of epoxide rings is 1. The molecule has 15 nitrogen and oxygen atoms in total. The number of aryl methyl sites for hydroxylation is 1. The van der Waals surface area contributed by atoms with E-state index in [0.29, 0.717) is 39.1 Å². The number of ether oxygens (including phenoxy) is 3. The number of morpholine rings is 1. The molecule has 2 aromatic carbocycles. The van der Waals surface area contributed by atoms with Gasteiger partial charge < -0.3 is 35.1 Å². The number of hydrogen-bond donors (Lipinski definition) is 4. The van der Waals surface area contributed by atoms with Crippen molar-refractivity contribution < 1.29 is 43.0 Å². The molecule has 16 heteroatoms. The van der Waals surface area contributed by atoms with Gasteiger partial charge in [0.05, 0.1) is 32.4 Å². The lowest BCUT2D eigenvalue weighted by Gasteiger charge is -2.33. The van der Waals surface area contributed by atoms with E-state index in [-0.39, 0.29) is 49.3 Å². The molecule has 3 N–H and O–H groups in total. The summed E-state index contributed by atoms with van der Waals surface area (Å²) in [5.74, 6) is -2.80. The van der Waals surface area contributed by atoms with Gasteiger partial charge in [0.2, 0.25) is 23.6 Å². The van der Waals surface area contributed by atoms with E-state index in [2.05, 4.69) is 33.6 Å². The molecule has 3 fully saturated rings. The summed E-state index contributed by atoms with van der Waals surface area (Å²) in [5, 5.41) is 8.28. The van der Waals surface area contributed by atoms with Gasteiger partial charge in [-0.05, 0) is 56.6 Å². The van der Waals surface area contributed by atoms with Crippen molar-refractivity contribution in [3.8, 4) is 0 Å². The summed E-state index contributed by atoms with van der Waals surface area (Å²) >= 11 is 4.10. The summed E-state index contributed by atoms with van der Waals surface area (Å²) in [6.07, 6.45) is 3.66. The van der Waals surface area contributed by atoms with E-state index in [1.807, 2.05) is 86.3 Å². The maximum atomic E-state index is 14.3. The first-order chi connectivity index (χ1) is 28.2. The zero-order valence-corrected chi connectivity index (χ0v) is 35.0. The number of Topliss-reactive ketones (excluding diaryl/α,β-unsaturated/α-hetero) is 1. The SMILES string of the molecule is CC(C)C[C@H](NC(=O)[C@H](Cc1ccccc1)N1C(=O)[C@@H](NC(=O)[C@H](CCc2ccccc2)NC(=O)/C=C/N=C(\S)OC(=O)CN2CCOCC2)CC1C)C(=O)C1(C)CO1. The standard InChI is InChI=1S/C43H56N6O9S/c1-28(2)23-33(38(52)43(4)27-57-43)46-40(54)35(25-31-13-9-6-10-14-31)49-29(3)24-34(41(49)55)47-39(53)32(16-15-30-11-7-5-8-12-30)45-36(50)17-18-44-42(59)58-37(51)26-48-19-21-56-22-20-48/h5-14,17-18,28-29,32-35H,15-16,19-27H2,1-4H3,(H,44,59)(H,45,50)(H,46,54)(H,47,53)/b18-17+/t29?,32-,33-,34-,35-,43?/m0/s1. The number of carbonyl (C=O) groups is 6. The molecule has 0 radical (unpaired) electrons. The van der Waals surface area contributed by atoms with Crippen LogP contribution in [0.5, 0.6) is 0 Å². The molecule has 0 bridgehead atoms. The molecule has 6 atom stereocenters. The van der Waals surface area contributed by atoms with Gasteiger partial charge in [0.25, 0.3) is 5.23 Å². The van der Waals surface area contributed by atoms with Crippen LogP contribution in [0.15, 0.2) is 77.9 Å². The summed E-state index contributed by atoms with van der Waals surface area (Å²) in [6, 6.07) is 14.5. The summed E-state index contributed by atoms with van der Waals surface area (Å²) in [7, 11) is 0. The maximum Gasteiger partial charge on any atom is 0.327 e. The van der Waals surface area contributed by atoms with Crippen LogP contribution in [0.25, 0.3) is 0 Å². The van der Waals surface area contributed by atoms with Crippen LogP contribution in [-0.2, 0) is 55.8 Å². The minimum absolute atomic E-state index is 0.0431. The van der Waals surface area contributed by atoms with Gasteiger partial charge in [-0.15, -0.1) is 0 Å². The van der Waals surface area contributed by atoms with Gasteiger partial charge in [-0.2, -0.15) is 0 Å². The normalized spacial score (nSPS) is 22.4. The molecule has 0 spiro atoms. The number of ketones is 1. The van der Waals surface area contributed by atoms with E-state index in [1.165, 1.54) is 4.90 Å². The molecule has 318 valence electrons. The molecule has 59 heavy (non-hydrogen) atoms. The minimum atomic E-state index is -1.05. The molecule has 0 aromatic heterocycles. The highest BCUT2D eigenvalue weighted by Gasteiger charge is 2.51. The lowest BCUT2D eigenvalue weighted by atomic mass is 9.92. The van der Waals surface area contributed by atoms with Crippen molar-refractivity contribution >= 4 is 53.2 Å². The predicted octanol–water partition coefficient (Wildman–Crippen LogP) is 2.38. The Kier molecular flexibility index (Phi) is 16.4. The van der Waals surface area contributed by atoms with E-state index >= 15 is 0 Å². The Morgan fingerprint density at radius 3 is 2.24 bits per heavy atom. The molecule has 4 amide bonds. The first-order valence-corrected chi connectivity index (χ1v) is 20.6. The van der Waals surface area contributed by atoms with Crippen molar-refractivity contribution in [2.45, 2.75) is 95.6 Å². The Morgan fingerprint density at radius 1 is 0.966 bits per heavy atom. The van der Waals surface area contributed by atoms with E-state index in [9.17, 15) is 28.8 Å². The van der Waals surface area contributed by atoms with Gasteiger partial charge in [0.1, 0.15) is 23.7 Å². The van der Waals surface area contributed by atoms with Crippen LogP contribution in [0, 0.1) is 5.92 Å². The number of thiol groups is 1. The second kappa shape index (κ2) is 21.4. The van der Waals surface area contributed by atoms with E-state index in [1.54, 1.807) is 6.92 Å². The number of aliphatic imine (C=N–C) groups is 1. The molecule has 0 aliphatic carbocycles. The predicted molar refractivity (Wildman–Crippen MR) is 223 cm³/mol. The van der Waals surface area contributed by atoms with Crippen LogP contribution in [0.2, 0.25) is 0 Å². The summed E-state index contributed by atoms with van der Waals surface area (Å²) in [5.41, 5.74) is 0.819. The Morgan fingerprint density at radius 2 is 1.61 bits per heavy atom. The fourth-order valence-electron chi connectivity index (χ4n) is 7.27. The molecule has 3 aliphatic rings. The van der Waals surface area contributed by atoms with Crippen LogP contribution in [-0.4, -0.2) is 126 Å². The third-order valence-corrected chi connectivity index (χ3v) is 10.7. The zero-order chi connectivity index (χ0) is 42.5. The van der Waals surface area contributed by atoms with Gasteiger partial charge in [-0.1, -0.05) is 87.1 Å². The van der Waals surface area contributed by atoms with Crippen molar-refractivity contribution in [2.24, 2.45) is 10.9 Å². The third kappa shape index (κ3) is 13.6. The number of likely N-dealkylation sites (tertiary alicyclic amines) is 1. The summed E-state index contributed by atoms with van der Waals surface area (Å²) in [4.78, 5) is 88.5. The molecule has 2 unspecified atom stereocenters. The van der Waals surface area contributed by atoms with Crippen molar-refractivity contribution in [1.29, 1.82) is 0 Å². The van der Waals surface area contributed by atoms with Gasteiger partial charge in [0.15, 0.2) is 5.78 Å². The number of rotatable bonds is 19. The van der Waals surface area contributed by atoms with Crippen molar-refractivity contribution in [3.63, 3.8) is 0 Å². The van der Waals surface area contributed by atoms with Crippen molar-refractivity contribution in [1.82, 2.24) is 25.8 Å². The van der Waals surface area contributed by atoms with Gasteiger partial charge in [0, 0.05) is 37.8 Å². The van der Waals surface area contributed by atoms with Gasteiger partial charge in [-0.3, -0.25) is 33.7 Å². The van der Waals surface area contributed by atoms with E-state index in [0.717, 1.165) is 23.4 Å². The molecule has 3 heterocycles. The number of benzene rings is 2. The number of nitrogens with one attached hydrogen (secondary N) is 3. The summed E-state index contributed by atoms with van der Waals surface area (Å²) < 4.78 is 15.8. The quantitative estimate of drug-likeness (QED) is 0.0409. The van der Waals surface area contributed by atoms with Gasteiger partial charge >= 0.3 is 5.97 Å². The Balaban J connectivity index is 1.27. The molecular weight excluding hydrogens is 777 g/mol. The fourth-order valence-corrected chi connectivity index (χ4v) is 7.43. The average molecular weight is 833 g/mol. The smallest absolute Gasteiger partial charge is 0.327 e. The summed E-state index contributed by atoms with van der Waals surface area (Å²) in [6.45, 7) is 10.0. The molecule has 3 saturated heterocycles. The number of carbonyl (C=O) groups excluding carboxylic acids is 6. The lowest BCUT2D eigenvalue weighted by molar-refractivity contribution is -0.142. The molecule has 2 aromatic rings. The van der Waals surface area contributed by atoms with Crippen LogP contribution in [0.3, 0.4) is 0 Å². The van der Waals surface area contributed by atoms with Crippen LogP contribution < -0.4 is 16.0 Å². The van der Waals surface area contributed by atoms with Crippen LogP contribution in [0.1, 0.15) is 58.1 Å². The highest BCUT2D eigenvalue weighted by Crippen LogP contribution is 2.30. The van der Waals surface area contributed by atoms with E-state index < -0.39 is 65.4 Å². The fraction of sp³-hybridized carbons (Fsp3) is 0.512. The monoisotopic (exact) mass is 832 g/mol. The first-order valence-electron chi connectivity index (χ1n) is 20.2. The first kappa shape index (κ1) is 45.2. The highest BCUT2D eigenvalue weighted by molar-refractivity contribution is 7.96.